The summed E-state index contributed by atoms with van der Waals surface area (Å²) in [5, 5.41) is 0. The van der Waals surface area contributed by atoms with Crippen molar-refractivity contribution in [2.45, 2.75) is 60.0 Å². The van der Waals surface area contributed by atoms with Gasteiger partial charge in [-0.3, -0.25) is 0 Å². The molecule has 1 unspecified atom stereocenters. The van der Waals surface area contributed by atoms with Crippen molar-refractivity contribution in [2.75, 3.05) is 0 Å². The van der Waals surface area contributed by atoms with E-state index in [0.717, 1.165) is 6.42 Å². The zero-order chi connectivity index (χ0) is 18.1. The summed E-state index contributed by atoms with van der Waals surface area (Å²) in [5.41, 5.74) is 2.31. The molecule has 2 heteroatoms. The van der Waals surface area contributed by atoms with Crippen LogP contribution < -0.4 is 0 Å². The van der Waals surface area contributed by atoms with E-state index in [1.165, 1.54) is 17.5 Å². The Morgan fingerprint density at radius 1 is 0.800 bits per heavy atom. The summed E-state index contributed by atoms with van der Waals surface area (Å²) in [4.78, 5) is 0. The number of rotatable bonds is 10. The van der Waals surface area contributed by atoms with Crippen LogP contribution in [0.2, 0.25) is 0 Å². The lowest BCUT2D eigenvalue weighted by atomic mass is 9.81. The van der Waals surface area contributed by atoms with Crippen LogP contribution in [0.5, 0.6) is 0 Å². The minimum absolute atomic E-state index is 0.0427. The van der Waals surface area contributed by atoms with E-state index in [1.807, 2.05) is 36.4 Å². The highest BCUT2D eigenvalue weighted by atomic mass is 16.7. The van der Waals surface area contributed by atoms with Crippen LogP contribution in [0.1, 0.15) is 51.7 Å². The monoisotopic (exact) mass is 340 g/mol. The Morgan fingerprint density at radius 3 is 1.64 bits per heavy atom. The molecule has 0 N–H and O–H groups in total. The molecule has 0 bridgehead atoms. The van der Waals surface area contributed by atoms with Gasteiger partial charge in [-0.25, -0.2) is 0 Å². The second kappa shape index (κ2) is 9.74. The molecule has 0 amide bonds. The van der Waals surface area contributed by atoms with Gasteiger partial charge in [0.2, 0.25) is 0 Å². The molecule has 2 aromatic carbocycles. The first-order valence-corrected chi connectivity index (χ1v) is 9.32. The average Bonchev–Trinajstić information content (AvgIpc) is 2.62. The smallest absolute Gasteiger partial charge is 0.163 e. The molecule has 0 heterocycles. The summed E-state index contributed by atoms with van der Waals surface area (Å²) < 4.78 is 12.5. The summed E-state index contributed by atoms with van der Waals surface area (Å²) in [6, 6.07) is 20.6. The Hall–Kier alpha value is -1.64. The maximum atomic E-state index is 6.24. The van der Waals surface area contributed by atoms with Crippen molar-refractivity contribution in [1.29, 1.82) is 0 Å². The fraction of sp³-hybridized carbons (Fsp3) is 0.478. The summed E-state index contributed by atoms with van der Waals surface area (Å²) >= 11 is 0. The molecule has 0 aliphatic rings. The molecule has 2 nitrogen and oxygen atoms in total. The third-order valence-electron chi connectivity index (χ3n) is 4.70. The van der Waals surface area contributed by atoms with Crippen molar-refractivity contribution in [3.05, 3.63) is 71.8 Å². The summed E-state index contributed by atoms with van der Waals surface area (Å²) in [6.07, 6.45) is 2.02. The standard InChI is InChI=1S/C23H32O2/c1-5-19(2)16-23(3,4)22(24-17-20-12-8-6-9-13-20)25-18-21-14-10-7-11-15-21/h6-15,19,22H,5,16-18H2,1-4H3. The zero-order valence-electron chi connectivity index (χ0n) is 16.1. The van der Waals surface area contributed by atoms with Gasteiger partial charge in [-0.05, 0) is 23.5 Å². The van der Waals surface area contributed by atoms with Crippen molar-refractivity contribution < 1.29 is 9.47 Å². The molecule has 136 valence electrons. The van der Waals surface area contributed by atoms with Gasteiger partial charge in [0.1, 0.15) is 0 Å². The molecule has 1 atom stereocenters. The van der Waals surface area contributed by atoms with Gasteiger partial charge >= 0.3 is 0 Å². The van der Waals surface area contributed by atoms with Gasteiger partial charge in [0.05, 0.1) is 13.2 Å². The fourth-order valence-corrected chi connectivity index (χ4v) is 3.13. The van der Waals surface area contributed by atoms with Gasteiger partial charge in [-0.2, -0.15) is 0 Å². The van der Waals surface area contributed by atoms with E-state index in [9.17, 15) is 0 Å². The van der Waals surface area contributed by atoms with Gasteiger partial charge in [-0.15, -0.1) is 0 Å². The van der Waals surface area contributed by atoms with E-state index in [2.05, 4.69) is 52.0 Å². The molecule has 25 heavy (non-hydrogen) atoms. The second-order valence-electron chi connectivity index (χ2n) is 7.63. The van der Waals surface area contributed by atoms with E-state index in [4.69, 9.17) is 9.47 Å². The molecule has 0 spiro atoms. The number of benzene rings is 2. The maximum Gasteiger partial charge on any atom is 0.163 e. The van der Waals surface area contributed by atoms with E-state index in [-0.39, 0.29) is 11.7 Å². The van der Waals surface area contributed by atoms with Gasteiger partial charge in [0, 0.05) is 5.41 Å². The van der Waals surface area contributed by atoms with Gasteiger partial charge in [0.25, 0.3) is 0 Å². The predicted octanol–water partition coefficient (Wildman–Crippen LogP) is 6.21. The SMILES string of the molecule is CCC(C)CC(C)(C)C(OCc1ccccc1)OCc1ccccc1. The highest BCUT2D eigenvalue weighted by molar-refractivity contribution is 5.14. The van der Waals surface area contributed by atoms with E-state index in [1.54, 1.807) is 0 Å². The third-order valence-corrected chi connectivity index (χ3v) is 4.70. The summed E-state index contributed by atoms with van der Waals surface area (Å²) in [7, 11) is 0. The van der Waals surface area contributed by atoms with Crippen molar-refractivity contribution in [3.63, 3.8) is 0 Å². The average molecular weight is 341 g/mol. The Bertz CT molecular complexity index is 549. The van der Waals surface area contributed by atoms with Crippen molar-refractivity contribution in [2.24, 2.45) is 11.3 Å². The van der Waals surface area contributed by atoms with Crippen LogP contribution >= 0.6 is 0 Å². The Kier molecular flexibility index (Phi) is 7.67. The zero-order valence-corrected chi connectivity index (χ0v) is 16.1. The lowest BCUT2D eigenvalue weighted by molar-refractivity contribution is -0.215. The first-order chi connectivity index (χ1) is 12.0. The second-order valence-corrected chi connectivity index (χ2v) is 7.63. The molecule has 0 fully saturated rings. The molecule has 0 aromatic heterocycles. The lowest BCUT2D eigenvalue weighted by Crippen LogP contribution is -2.36. The molecular formula is C23H32O2. The van der Waals surface area contributed by atoms with Crippen LogP contribution in [0.3, 0.4) is 0 Å². The highest BCUT2D eigenvalue weighted by Crippen LogP contribution is 2.34. The van der Waals surface area contributed by atoms with Gasteiger partial charge in [0.15, 0.2) is 6.29 Å². The number of hydrogen-bond donors (Lipinski definition) is 0. The summed E-state index contributed by atoms with van der Waals surface area (Å²) in [5.74, 6) is 0.651. The molecule has 2 rings (SSSR count). The topological polar surface area (TPSA) is 18.5 Å². The van der Waals surface area contributed by atoms with Crippen LogP contribution in [0.15, 0.2) is 60.7 Å². The summed E-state index contributed by atoms with van der Waals surface area (Å²) in [6.45, 7) is 10.2. The molecule has 0 aliphatic heterocycles. The van der Waals surface area contributed by atoms with Crippen molar-refractivity contribution >= 4 is 0 Å². The minimum Gasteiger partial charge on any atom is -0.347 e. The first-order valence-electron chi connectivity index (χ1n) is 9.32. The molecule has 2 aromatic rings. The van der Waals surface area contributed by atoms with Crippen LogP contribution in [0, 0.1) is 11.3 Å². The Morgan fingerprint density at radius 2 is 1.24 bits per heavy atom. The highest BCUT2D eigenvalue weighted by Gasteiger charge is 2.32. The number of hydrogen-bond acceptors (Lipinski definition) is 2. The predicted molar refractivity (Wildman–Crippen MR) is 104 cm³/mol. The fourth-order valence-electron chi connectivity index (χ4n) is 3.13. The number of ether oxygens (including phenoxy) is 2. The molecule has 0 saturated heterocycles. The van der Waals surface area contributed by atoms with Crippen LogP contribution in [-0.4, -0.2) is 6.29 Å². The molecule has 0 radical (unpaired) electrons. The van der Waals surface area contributed by atoms with E-state index < -0.39 is 0 Å². The Labute approximate surface area is 153 Å². The molecule has 0 saturated carbocycles. The van der Waals surface area contributed by atoms with Crippen molar-refractivity contribution in [1.82, 2.24) is 0 Å². The largest absolute Gasteiger partial charge is 0.347 e. The first kappa shape index (κ1) is 19.7. The normalized spacial score (nSPS) is 13.2. The van der Waals surface area contributed by atoms with Crippen LogP contribution in [0.25, 0.3) is 0 Å². The minimum atomic E-state index is -0.234. The van der Waals surface area contributed by atoms with Crippen molar-refractivity contribution in [3.8, 4) is 0 Å². The lowest BCUT2D eigenvalue weighted by Gasteiger charge is -2.36. The maximum absolute atomic E-state index is 6.24. The molecular weight excluding hydrogens is 308 g/mol. The van der Waals surface area contributed by atoms with Crippen LogP contribution in [-0.2, 0) is 22.7 Å². The van der Waals surface area contributed by atoms with Crippen LogP contribution in [0.4, 0.5) is 0 Å². The van der Waals surface area contributed by atoms with E-state index in [0.29, 0.717) is 19.1 Å². The molecule has 0 aliphatic carbocycles. The quantitative estimate of drug-likeness (QED) is 0.479. The van der Waals surface area contributed by atoms with E-state index >= 15 is 0 Å². The van der Waals surface area contributed by atoms with Gasteiger partial charge in [-0.1, -0.05) is 94.8 Å². The van der Waals surface area contributed by atoms with Gasteiger partial charge < -0.3 is 9.47 Å². The Balaban J connectivity index is 2.03. The third kappa shape index (κ3) is 6.64.